The molecule has 0 spiro atoms. The quantitative estimate of drug-likeness (QED) is 0.562. The first-order valence-electron chi connectivity index (χ1n) is 10.8. The van der Waals surface area contributed by atoms with E-state index in [2.05, 4.69) is 39.5 Å². The van der Waals surface area contributed by atoms with Gasteiger partial charge in [0, 0.05) is 33.2 Å². The molecule has 0 aliphatic carbocycles. The van der Waals surface area contributed by atoms with Crippen molar-refractivity contribution in [1.29, 1.82) is 0 Å². The summed E-state index contributed by atoms with van der Waals surface area (Å²) in [6.07, 6.45) is 2.68. The molecule has 1 amide bonds. The number of hydrogen-bond acceptors (Lipinski definition) is 5. The van der Waals surface area contributed by atoms with Gasteiger partial charge in [0.1, 0.15) is 6.04 Å². The van der Waals surface area contributed by atoms with E-state index in [0.717, 1.165) is 50.4 Å². The van der Waals surface area contributed by atoms with Crippen LogP contribution in [0.15, 0.2) is 66.9 Å². The SMILES string of the molecule is CN(CCCN1CCOCC1)C(=O)c1cn(C(c2ccccc2)c2ccccc2)nn1. The lowest BCUT2D eigenvalue weighted by Gasteiger charge is -2.27. The van der Waals surface area contributed by atoms with E-state index in [1.54, 1.807) is 15.8 Å². The maximum atomic E-state index is 12.9. The third kappa shape index (κ3) is 5.37. The predicted octanol–water partition coefficient (Wildman–Crippen LogP) is 2.71. The molecule has 31 heavy (non-hydrogen) atoms. The minimum absolute atomic E-state index is 0.104. The molecule has 162 valence electrons. The smallest absolute Gasteiger partial charge is 0.275 e. The Morgan fingerprint density at radius 3 is 2.26 bits per heavy atom. The van der Waals surface area contributed by atoms with Crippen molar-refractivity contribution in [2.24, 2.45) is 0 Å². The number of benzene rings is 2. The van der Waals surface area contributed by atoms with Crippen LogP contribution in [0.25, 0.3) is 0 Å². The fourth-order valence-corrected chi connectivity index (χ4v) is 3.92. The first-order valence-corrected chi connectivity index (χ1v) is 10.8. The van der Waals surface area contributed by atoms with Crippen LogP contribution < -0.4 is 0 Å². The Balaban J connectivity index is 1.44. The van der Waals surface area contributed by atoms with Crippen molar-refractivity contribution < 1.29 is 9.53 Å². The van der Waals surface area contributed by atoms with Gasteiger partial charge in [-0.25, -0.2) is 4.68 Å². The zero-order valence-electron chi connectivity index (χ0n) is 17.9. The van der Waals surface area contributed by atoms with Gasteiger partial charge >= 0.3 is 0 Å². The number of rotatable bonds is 8. The van der Waals surface area contributed by atoms with Crippen LogP contribution in [-0.2, 0) is 4.74 Å². The van der Waals surface area contributed by atoms with E-state index in [0.29, 0.717) is 12.2 Å². The molecule has 0 bridgehead atoms. The molecule has 1 aliphatic rings. The molecule has 1 aromatic heterocycles. The van der Waals surface area contributed by atoms with E-state index >= 15 is 0 Å². The largest absolute Gasteiger partial charge is 0.379 e. The summed E-state index contributed by atoms with van der Waals surface area (Å²) in [6, 6.07) is 20.2. The Morgan fingerprint density at radius 1 is 1.03 bits per heavy atom. The number of ether oxygens (including phenoxy) is 1. The highest BCUT2D eigenvalue weighted by Crippen LogP contribution is 2.25. The van der Waals surface area contributed by atoms with E-state index in [-0.39, 0.29) is 11.9 Å². The van der Waals surface area contributed by atoms with Gasteiger partial charge in [-0.1, -0.05) is 65.9 Å². The van der Waals surface area contributed by atoms with Crippen molar-refractivity contribution in [3.8, 4) is 0 Å². The van der Waals surface area contributed by atoms with Gasteiger partial charge in [0.05, 0.1) is 19.4 Å². The molecule has 1 aliphatic heterocycles. The first-order chi connectivity index (χ1) is 15.2. The third-order valence-corrected chi connectivity index (χ3v) is 5.64. The van der Waals surface area contributed by atoms with Gasteiger partial charge in [-0.15, -0.1) is 5.10 Å². The number of aromatic nitrogens is 3. The second kappa shape index (κ2) is 10.3. The highest BCUT2D eigenvalue weighted by atomic mass is 16.5. The van der Waals surface area contributed by atoms with Gasteiger partial charge in [-0.3, -0.25) is 9.69 Å². The summed E-state index contributed by atoms with van der Waals surface area (Å²) < 4.78 is 7.16. The summed E-state index contributed by atoms with van der Waals surface area (Å²) in [5.41, 5.74) is 2.55. The minimum atomic E-state index is -0.136. The lowest BCUT2D eigenvalue weighted by Crippen LogP contribution is -2.38. The molecular weight excluding hydrogens is 390 g/mol. The summed E-state index contributed by atoms with van der Waals surface area (Å²) >= 11 is 0. The molecule has 0 unspecified atom stereocenters. The predicted molar refractivity (Wildman–Crippen MR) is 119 cm³/mol. The Kier molecular flexibility index (Phi) is 7.07. The number of hydrogen-bond donors (Lipinski definition) is 0. The van der Waals surface area contributed by atoms with Gasteiger partial charge in [-0.2, -0.15) is 0 Å². The van der Waals surface area contributed by atoms with E-state index in [9.17, 15) is 4.79 Å². The lowest BCUT2D eigenvalue weighted by atomic mass is 9.99. The van der Waals surface area contributed by atoms with Crippen molar-refractivity contribution in [3.05, 3.63) is 83.7 Å². The lowest BCUT2D eigenvalue weighted by molar-refractivity contribution is 0.0361. The van der Waals surface area contributed by atoms with Crippen LogP contribution in [0.2, 0.25) is 0 Å². The fourth-order valence-electron chi connectivity index (χ4n) is 3.92. The summed E-state index contributed by atoms with van der Waals surface area (Å²) in [7, 11) is 1.83. The highest BCUT2D eigenvalue weighted by molar-refractivity contribution is 5.91. The minimum Gasteiger partial charge on any atom is -0.379 e. The molecule has 4 rings (SSSR count). The summed E-state index contributed by atoms with van der Waals surface area (Å²) in [5.74, 6) is -0.104. The van der Waals surface area contributed by atoms with Crippen molar-refractivity contribution in [2.45, 2.75) is 12.5 Å². The number of carbonyl (C=O) groups is 1. The van der Waals surface area contributed by atoms with Crippen LogP contribution in [0.5, 0.6) is 0 Å². The number of morpholine rings is 1. The van der Waals surface area contributed by atoms with E-state index in [4.69, 9.17) is 4.74 Å². The van der Waals surface area contributed by atoms with Crippen molar-refractivity contribution in [2.75, 3.05) is 46.4 Å². The maximum Gasteiger partial charge on any atom is 0.275 e. The third-order valence-electron chi connectivity index (χ3n) is 5.64. The molecule has 0 radical (unpaired) electrons. The summed E-state index contributed by atoms with van der Waals surface area (Å²) in [4.78, 5) is 17.0. The molecule has 2 heterocycles. The van der Waals surface area contributed by atoms with Crippen LogP contribution in [0.1, 0.15) is 34.1 Å². The summed E-state index contributed by atoms with van der Waals surface area (Å²) in [5, 5.41) is 8.53. The van der Waals surface area contributed by atoms with E-state index in [1.165, 1.54) is 0 Å². The molecule has 0 saturated carbocycles. The van der Waals surface area contributed by atoms with Gasteiger partial charge in [0.2, 0.25) is 0 Å². The van der Waals surface area contributed by atoms with Gasteiger partial charge in [0.25, 0.3) is 5.91 Å². The second-order valence-corrected chi connectivity index (χ2v) is 7.84. The monoisotopic (exact) mass is 419 g/mol. The van der Waals surface area contributed by atoms with Crippen molar-refractivity contribution in [1.82, 2.24) is 24.8 Å². The van der Waals surface area contributed by atoms with Crippen LogP contribution in [0.4, 0.5) is 0 Å². The Labute approximate surface area is 183 Å². The Morgan fingerprint density at radius 2 is 1.65 bits per heavy atom. The fraction of sp³-hybridized carbons (Fsp3) is 0.375. The number of amides is 1. The zero-order valence-corrected chi connectivity index (χ0v) is 17.9. The van der Waals surface area contributed by atoms with Crippen LogP contribution in [0.3, 0.4) is 0 Å². The molecule has 7 heteroatoms. The molecule has 1 fully saturated rings. The summed E-state index contributed by atoms with van der Waals surface area (Å²) in [6.45, 7) is 5.17. The first kappa shape index (κ1) is 21.2. The molecule has 3 aromatic rings. The normalized spacial score (nSPS) is 14.6. The Hall–Kier alpha value is -3.03. The Bertz CT molecular complexity index is 915. The molecule has 2 aromatic carbocycles. The van der Waals surface area contributed by atoms with Crippen molar-refractivity contribution >= 4 is 5.91 Å². The van der Waals surface area contributed by atoms with Gasteiger partial charge in [-0.05, 0) is 17.5 Å². The zero-order chi connectivity index (χ0) is 21.5. The molecule has 0 atom stereocenters. The van der Waals surface area contributed by atoms with Crippen LogP contribution in [0, 0.1) is 0 Å². The van der Waals surface area contributed by atoms with Crippen LogP contribution in [-0.4, -0.2) is 77.1 Å². The van der Waals surface area contributed by atoms with Gasteiger partial charge in [0.15, 0.2) is 5.69 Å². The van der Waals surface area contributed by atoms with E-state index in [1.807, 2.05) is 43.4 Å². The topological polar surface area (TPSA) is 63.5 Å². The molecule has 0 N–H and O–H groups in total. The second-order valence-electron chi connectivity index (χ2n) is 7.84. The molecular formula is C24H29N5O2. The van der Waals surface area contributed by atoms with E-state index < -0.39 is 0 Å². The van der Waals surface area contributed by atoms with Crippen LogP contribution >= 0.6 is 0 Å². The van der Waals surface area contributed by atoms with Gasteiger partial charge < -0.3 is 9.64 Å². The number of nitrogens with zero attached hydrogens (tertiary/aromatic N) is 5. The average Bonchev–Trinajstić information content (AvgIpc) is 3.30. The molecule has 1 saturated heterocycles. The maximum absolute atomic E-state index is 12.9. The van der Waals surface area contributed by atoms with Crippen molar-refractivity contribution in [3.63, 3.8) is 0 Å². The average molecular weight is 420 g/mol. The standard InChI is InChI=1S/C24H29N5O2/c1-27(13-8-14-28-15-17-31-18-16-28)24(30)22-19-29(26-25-22)23(20-9-4-2-5-10-20)21-11-6-3-7-12-21/h2-7,9-12,19,23H,8,13-18H2,1H3. The molecule has 7 nitrogen and oxygen atoms in total. The number of carbonyl (C=O) groups excluding carboxylic acids is 1. The highest BCUT2D eigenvalue weighted by Gasteiger charge is 2.21.